The molecule has 202 valence electrons. The first kappa shape index (κ1) is 26.8. The number of carbonyl (C=O) groups excluding carboxylic acids is 2. The highest BCUT2D eigenvalue weighted by Gasteiger charge is 2.26. The predicted octanol–water partition coefficient (Wildman–Crippen LogP) is 5.34. The number of thiophene rings is 1. The molecule has 1 aliphatic heterocycles. The average Bonchev–Trinajstić information content (AvgIpc) is 3.53. The molecule has 0 radical (unpaired) electrons. The number of hydrogen-bond donors (Lipinski definition) is 0. The molecule has 0 N–H and O–H groups in total. The van der Waals surface area contributed by atoms with Gasteiger partial charge in [-0.15, -0.1) is 11.3 Å². The van der Waals surface area contributed by atoms with Crippen molar-refractivity contribution in [3.8, 4) is 0 Å². The molecule has 0 spiro atoms. The number of benzene rings is 3. The lowest BCUT2D eigenvalue weighted by molar-refractivity contribution is -0.384. The van der Waals surface area contributed by atoms with Crippen LogP contribution in [0, 0.1) is 17.0 Å². The molecule has 5 rings (SSSR count). The highest BCUT2D eigenvalue weighted by molar-refractivity contribution is 7.12. The highest BCUT2D eigenvalue weighted by Crippen LogP contribution is 2.33. The molecule has 0 unspecified atom stereocenters. The number of anilines is 2. The van der Waals surface area contributed by atoms with Crippen molar-refractivity contribution in [2.24, 2.45) is 5.10 Å². The molecule has 1 aliphatic rings. The van der Waals surface area contributed by atoms with E-state index in [2.05, 4.69) is 10.0 Å². The smallest absolute Gasteiger partial charge is 0.295 e. The van der Waals surface area contributed by atoms with Gasteiger partial charge in [0, 0.05) is 49.1 Å². The zero-order valence-electron chi connectivity index (χ0n) is 21.8. The highest BCUT2D eigenvalue weighted by atomic mass is 32.1. The summed E-state index contributed by atoms with van der Waals surface area (Å²) >= 11 is 1.42. The first-order valence-electron chi connectivity index (χ1n) is 12.8. The fraction of sp³-hybridized carbons (Fsp3) is 0.167. The third kappa shape index (κ3) is 5.62. The third-order valence-corrected chi connectivity index (χ3v) is 7.68. The molecule has 2 heterocycles. The summed E-state index contributed by atoms with van der Waals surface area (Å²) in [4.78, 5) is 41.2. The number of amides is 2. The Morgan fingerprint density at radius 3 is 2.35 bits per heavy atom. The molecule has 40 heavy (non-hydrogen) atoms. The second-order valence-electron chi connectivity index (χ2n) is 9.27. The maximum Gasteiger partial charge on any atom is 0.295 e. The van der Waals surface area contributed by atoms with Crippen LogP contribution in [0.5, 0.6) is 0 Å². The monoisotopic (exact) mass is 553 g/mol. The molecule has 0 bridgehead atoms. The predicted molar refractivity (Wildman–Crippen MR) is 157 cm³/mol. The molecule has 1 saturated heterocycles. The fourth-order valence-corrected chi connectivity index (χ4v) is 5.40. The summed E-state index contributed by atoms with van der Waals surface area (Å²) in [6, 6.07) is 25.4. The summed E-state index contributed by atoms with van der Waals surface area (Å²) in [5.41, 5.74) is 3.60. The van der Waals surface area contributed by atoms with Crippen LogP contribution in [0.3, 0.4) is 0 Å². The van der Waals surface area contributed by atoms with Crippen molar-refractivity contribution in [3.63, 3.8) is 0 Å². The normalized spacial score (nSPS) is 13.7. The van der Waals surface area contributed by atoms with E-state index in [0.29, 0.717) is 48.9 Å². The summed E-state index contributed by atoms with van der Waals surface area (Å²) in [5, 5.41) is 19.6. The van der Waals surface area contributed by atoms with E-state index < -0.39 is 4.92 Å². The van der Waals surface area contributed by atoms with Crippen LogP contribution < -0.4 is 9.91 Å². The summed E-state index contributed by atoms with van der Waals surface area (Å²) in [7, 11) is 0. The zero-order valence-corrected chi connectivity index (χ0v) is 22.7. The Morgan fingerprint density at radius 1 is 0.975 bits per heavy atom. The van der Waals surface area contributed by atoms with Crippen LogP contribution >= 0.6 is 11.3 Å². The van der Waals surface area contributed by atoms with Crippen molar-refractivity contribution >= 4 is 46.4 Å². The zero-order chi connectivity index (χ0) is 28.1. The van der Waals surface area contributed by atoms with Crippen LogP contribution in [-0.4, -0.2) is 54.0 Å². The van der Waals surface area contributed by atoms with E-state index >= 15 is 0 Å². The van der Waals surface area contributed by atoms with Gasteiger partial charge in [-0.3, -0.25) is 19.7 Å². The molecule has 1 aromatic heterocycles. The van der Waals surface area contributed by atoms with Gasteiger partial charge >= 0.3 is 0 Å². The number of hydrazone groups is 1. The number of piperazine rings is 1. The van der Waals surface area contributed by atoms with E-state index in [1.54, 1.807) is 12.1 Å². The van der Waals surface area contributed by atoms with Crippen LogP contribution in [0.15, 0.2) is 95.4 Å². The number of nitro benzene ring substituents is 1. The van der Waals surface area contributed by atoms with Crippen molar-refractivity contribution in [2.45, 2.75) is 6.92 Å². The summed E-state index contributed by atoms with van der Waals surface area (Å²) in [5.74, 6) is 0.00477. The van der Waals surface area contributed by atoms with Gasteiger partial charge in [0.05, 0.1) is 15.5 Å². The number of hydrogen-bond acceptors (Lipinski definition) is 7. The van der Waals surface area contributed by atoms with E-state index in [1.807, 2.05) is 83.9 Å². The summed E-state index contributed by atoms with van der Waals surface area (Å²) < 4.78 is 0. The number of rotatable bonds is 8. The van der Waals surface area contributed by atoms with Crippen molar-refractivity contribution in [1.82, 2.24) is 4.90 Å². The molecule has 9 nitrogen and oxygen atoms in total. The molecule has 0 atom stereocenters. The maximum atomic E-state index is 12.7. The molecular weight excluding hydrogens is 526 g/mol. The molecule has 1 fully saturated rings. The van der Waals surface area contributed by atoms with Gasteiger partial charge in [-0.2, -0.15) is 10.1 Å². The van der Waals surface area contributed by atoms with E-state index in [9.17, 15) is 19.7 Å². The number of nitro groups is 1. The van der Waals surface area contributed by atoms with Gasteiger partial charge in [-0.05, 0) is 36.1 Å². The first-order chi connectivity index (χ1) is 19.5. The van der Waals surface area contributed by atoms with E-state index in [0.717, 1.165) is 21.7 Å². The van der Waals surface area contributed by atoms with Crippen LogP contribution in [0.2, 0.25) is 0 Å². The number of carbonyl (C=O) groups is 2. The van der Waals surface area contributed by atoms with Gasteiger partial charge in [-0.25, -0.2) is 0 Å². The standard InChI is InChI=1S/C30H27N5O4S/c1-22-8-5-6-11-25(22)29(23-9-3-2-4-10-23)31-34(21-36)27-20-24(13-14-26(27)35(38)39)32-15-17-33(18-16-32)30(37)28-12-7-19-40-28/h2-14,19-21H,15-18H2,1H3/b31-29-. The van der Waals surface area contributed by atoms with Gasteiger partial charge in [0.25, 0.3) is 11.6 Å². The molecular formula is C30H27N5O4S. The van der Waals surface area contributed by atoms with Gasteiger partial charge in [0.2, 0.25) is 6.41 Å². The minimum atomic E-state index is -0.515. The van der Waals surface area contributed by atoms with Crippen molar-refractivity contribution in [1.29, 1.82) is 0 Å². The lowest BCUT2D eigenvalue weighted by atomic mass is 9.98. The lowest BCUT2D eigenvalue weighted by Gasteiger charge is -2.36. The molecule has 2 amide bonds. The van der Waals surface area contributed by atoms with Gasteiger partial charge in [0.15, 0.2) is 0 Å². The number of aryl methyl sites for hydroxylation is 1. The van der Waals surface area contributed by atoms with Crippen LogP contribution in [0.4, 0.5) is 17.1 Å². The molecule has 3 aromatic carbocycles. The molecule has 0 saturated carbocycles. The second-order valence-corrected chi connectivity index (χ2v) is 10.2. The topological polar surface area (TPSA) is 99.4 Å². The Kier molecular flexibility index (Phi) is 7.97. The van der Waals surface area contributed by atoms with E-state index in [-0.39, 0.29) is 17.3 Å². The fourth-order valence-electron chi connectivity index (χ4n) is 4.71. The van der Waals surface area contributed by atoms with Crippen LogP contribution in [-0.2, 0) is 4.79 Å². The van der Waals surface area contributed by atoms with Crippen LogP contribution in [0.1, 0.15) is 26.4 Å². The Hall–Kier alpha value is -4.83. The Bertz CT molecular complexity index is 1550. The molecule has 4 aromatic rings. The van der Waals surface area contributed by atoms with E-state index in [1.165, 1.54) is 17.4 Å². The van der Waals surface area contributed by atoms with E-state index in [4.69, 9.17) is 0 Å². The maximum absolute atomic E-state index is 12.7. The second kappa shape index (κ2) is 11.9. The minimum absolute atomic E-state index is 0.00477. The Labute approximate surface area is 235 Å². The van der Waals surface area contributed by atoms with Gasteiger partial charge in [0.1, 0.15) is 5.69 Å². The number of nitrogens with zero attached hydrogens (tertiary/aromatic N) is 5. The molecule has 0 aliphatic carbocycles. The quantitative estimate of drug-likeness (QED) is 0.127. The molecule has 10 heteroatoms. The van der Waals surface area contributed by atoms with Gasteiger partial charge < -0.3 is 9.80 Å². The van der Waals surface area contributed by atoms with Gasteiger partial charge in [-0.1, -0.05) is 60.7 Å². The Balaban J connectivity index is 1.49. The van der Waals surface area contributed by atoms with Crippen LogP contribution in [0.25, 0.3) is 0 Å². The average molecular weight is 554 g/mol. The largest absolute Gasteiger partial charge is 0.368 e. The lowest BCUT2D eigenvalue weighted by Crippen LogP contribution is -2.48. The van der Waals surface area contributed by atoms with Crippen molar-refractivity contribution in [2.75, 3.05) is 36.1 Å². The summed E-state index contributed by atoms with van der Waals surface area (Å²) in [6.45, 7) is 4.09. The van der Waals surface area contributed by atoms with Crippen molar-refractivity contribution in [3.05, 3.63) is 122 Å². The minimum Gasteiger partial charge on any atom is -0.368 e. The first-order valence-corrected chi connectivity index (χ1v) is 13.6. The Morgan fingerprint density at radius 2 is 1.70 bits per heavy atom. The van der Waals surface area contributed by atoms with Crippen molar-refractivity contribution < 1.29 is 14.5 Å². The third-order valence-electron chi connectivity index (χ3n) is 6.82. The summed E-state index contributed by atoms with van der Waals surface area (Å²) in [6.07, 6.45) is 0.491. The SMILES string of the molecule is Cc1ccccc1/C(=N\N(C=O)c1cc(N2CCN(C(=O)c3cccs3)CC2)ccc1[N+](=O)[O-])c1ccccc1.